The maximum Gasteiger partial charge on any atom is 0.253 e. The van der Waals surface area contributed by atoms with Gasteiger partial charge in [0, 0.05) is 39.9 Å². The topological polar surface area (TPSA) is 66.9 Å². The van der Waals surface area contributed by atoms with Crippen molar-refractivity contribution in [2.75, 3.05) is 0 Å². The summed E-state index contributed by atoms with van der Waals surface area (Å²) >= 11 is 3.57. The van der Waals surface area contributed by atoms with E-state index in [2.05, 4.69) is 56.9 Å². The van der Waals surface area contributed by atoms with Crippen LogP contribution in [0.2, 0.25) is 0 Å². The first-order chi connectivity index (χ1) is 13.8. The monoisotopic (exact) mass is 457 g/mol. The summed E-state index contributed by atoms with van der Waals surface area (Å²) in [6, 6.07) is 6.24. The highest BCUT2D eigenvalue weighted by atomic mass is 79.9. The number of carbonyl (C=O) groups is 1. The quantitative estimate of drug-likeness (QED) is 0.526. The van der Waals surface area contributed by atoms with Crippen LogP contribution in [-0.4, -0.2) is 15.5 Å². The number of aryl methyl sites for hydroxylation is 3. The van der Waals surface area contributed by atoms with Gasteiger partial charge in [-0.05, 0) is 62.9 Å². The summed E-state index contributed by atoms with van der Waals surface area (Å²) in [5.41, 5.74) is 4.88. The lowest BCUT2D eigenvalue weighted by Crippen LogP contribution is -2.28. The Hall–Kier alpha value is -2.34. The van der Waals surface area contributed by atoms with Gasteiger partial charge in [-0.2, -0.15) is 0 Å². The number of H-pyrrole nitrogens is 1. The zero-order chi connectivity index (χ0) is 21.3. The summed E-state index contributed by atoms with van der Waals surface area (Å²) in [5.74, 6) is -0.180. The number of hydrogen-bond acceptors (Lipinski definition) is 2. The average molecular weight is 458 g/mol. The van der Waals surface area contributed by atoms with Crippen molar-refractivity contribution in [1.29, 1.82) is 0 Å². The second-order valence-corrected chi connectivity index (χ2v) is 8.58. The molecule has 0 aliphatic heterocycles. The van der Waals surface area contributed by atoms with Crippen LogP contribution in [0.3, 0.4) is 0 Å². The van der Waals surface area contributed by atoms with Gasteiger partial charge in [0.2, 0.25) is 0 Å². The third kappa shape index (κ3) is 4.17. The lowest BCUT2D eigenvalue weighted by molar-refractivity contribution is 0.0952. The number of carbonyl (C=O) groups excluding carboxylic acids is 1. The second-order valence-electron chi connectivity index (χ2n) is 7.66. The van der Waals surface area contributed by atoms with Crippen LogP contribution >= 0.6 is 15.9 Å². The van der Waals surface area contributed by atoms with E-state index in [1.807, 2.05) is 32.9 Å². The number of nitrogens with one attached hydrogen (secondary N) is 2. The smallest absolute Gasteiger partial charge is 0.253 e. The normalized spacial score (nSPS) is 11.4. The molecule has 6 heteroatoms. The minimum atomic E-state index is -0.180. The maximum atomic E-state index is 13.1. The molecule has 0 bridgehead atoms. The van der Waals surface area contributed by atoms with Crippen molar-refractivity contribution in [3.05, 3.63) is 67.2 Å². The molecule has 0 unspecified atom stereocenters. The Labute approximate surface area is 179 Å². The third-order valence-electron chi connectivity index (χ3n) is 5.59. The Balaban J connectivity index is 1.99. The van der Waals surface area contributed by atoms with E-state index in [0.29, 0.717) is 17.2 Å². The zero-order valence-corrected chi connectivity index (χ0v) is 19.2. The molecular weight excluding hydrogens is 430 g/mol. The summed E-state index contributed by atoms with van der Waals surface area (Å²) in [4.78, 5) is 28.1. The van der Waals surface area contributed by atoms with Gasteiger partial charge in [-0.15, -0.1) is 0 Å². The van der Waals surface area contributed by atoms with Gasteiger partial charge in [0.1, 0.15) is 0 Å². The molecule has 0 atom stereocenters. The van der Waals surface area contributed by atoms with Crippen LogP contribution in [0.4, 0.5) is 0 Å². The first-order valence-corrected chi connectivity index (χ1v) is 10.8. The van der Waals surface area contributed by atoms with Crippen molar-refractivity contribution in [2.45, 2.75) is 60.0 Å². The number of benzene rings is 1. The summed E-state index contributed by atoms with van der Waals surface area (Å²) in [5, 5.41) is 3.91. The first-order valence-electron chi connectivity index (χ1n) is 10.0. The molecule has 5 nitrogen and oxygen atoms in total. The number of pyridine rings is 1. The van der Waals surface area contributed by atoms with Gasteiger partial charge in [0.25, 0.3) is 11.5 Å². The summed E-state index contributed by atoms with van der Waals surface area (Å²) in [6.45, 7) is 10.3. The van der Waals surface area contributed by atoms with Crippen molar-refractivity contribution < 1.29 is 4.79 Å². The Morgan fingerprint density at radius 1 is 1.14 bits per heavy atom. The molecule has 2 heterocycles. The molecule has 0 fully saturated rings. The number of hydrogen-bond donors (Lipinski definition) is 2. The highest BCUT2D eigenvalue weighted by Crippen LogP contribution is 2.32. The predicted octanol–water partition coefficient (Wildman–Crippen LogP) is 5.31. The van der Waals surface area contributed by atoms with E-state index in [1.54, 1.807) is 0 Å². The number of halogens is 1. The minimum Gasteiger partial charge on any atom is -0.348 e. The van der Waals surface area contributed by atoms with E-state index < -0.39 is 0 Å². The standard InChI is InChI=1S/C23H28BrN3O2/c1-6-17(7-2)27-12-14(4)21-18(9-16(24)10-20(21)27)22(28)25-11-19-13(3)8-15(5)26-23(19)29/h8-10,12,17H,6-7,11H2,1-5H3,(H,25,28)(H,26,29). The van der Waals surface area contributed by atoms with Crippen LogP contribution in [0.25, 0.3) is 10.9 Å². The van der Waals surface area contributed by atoms with Crippen LogP contribution in [0.15, 0.2) is 33.7 Å². The minimum absolute atomic E-state index is 0.154. The van der Waals surface area contributed by atoms with Gasteiger partial charge in [0.05, 0.1) is 11.1 Å². The molecule has 0 radical (unpaired) electrons. The van der Waals surface area contributed by atoms with Crippen LogP contribution in [0, 0.1) is 20.8 Å². The highest BCUT2D eigenvalue weighted by Gasteiger charge is 2.19. The van der Waals surface area contributed by atoms with E-state index >= 15 is 0 Å². The summed E-state index contributed by atoms with van der Waals surface area (Å²) < 4.78 is 3.14. The predicted molar refractivity (Wildman–Crippen MR) is 122 cm³/mol. The molecule has 0 saturated carbocycles. The van der Waals surface area contributed by atoms with Crippen LogP contribution in [-0.2, 0) is 6.54 Å². The van der Waals surface area contributed by atoms with E-state index in [9.17, 15) is 9.59 Å². The maximum absolute atomic E-state index is 13.1. The SMILES string of the molecule is CCC(CC)n1cc(C)c2c(C(=O)NCc3c(C)cc(C)[nH]c3=O)cc(Br)cc21. The number of fused-ring (bicyclic) bond motifs is 1. The Morgan fingerprint density at radius 3 is 2.45 bits per heavy atom. The molecule has 0 spiro atoms. The number of amides is 1. The Bertz CT molecular complexity index is 1120. The van der Waals surface area contributed by atoms with E-state index in [0.717, 1.165) is 45.0 Å². The van der Waals surface area contributed by atoms with Crippen molar-refractivity contribution in [3.63, 3.8) is 0 Å². The van der Waals surface area contributed by atoms with Gasteiger partial charge in [-0.25, -0.2) is 0 Å². The molecular formula is C23H28BrN3O2. The van der Waals surface area contributed by atoms with Gasteiger partial charge in [0.15, 0.2) is 0 Å². The van der Waals surface area contributed by atoms with Gasteiger partial charge < -0.3 is 14.9 Å². The fourth-order valence-electron chi connectivity index (χ4n) is 4.08. The molecule has 0 aliphatic carbocycles. The molecule has 0 saturated heterocycles. The van der Waals surface area contributed by atoms with Gasteiger partial charge in [-0.3, -0.25) is 9.59 Å². The molecule has 2 N–H and O–H groups in total. The molecule has 2 aromatic heterocycles. The molecule has 154 valence electrons. The fraction of sp³-hybridized carbons (Fsp3) is 0.391. The highest BCUT2D eigenvalue weighted by molar-refractivity contribution is 9.10. The van der Waals surface area contributed by atoms with Gasteiger partial charge >= 0.3 is 0 Å². The third-order valence-corrected chi connectivity index (χ3v) is 6.05. The van der Waals surface area contributed by atoms with E-state index in [-0.39, 0.29) is 18.0 Å². The largest absolute Gasteiger partial charge is 0.348 e. The van der Waals surface area contributed by atoms with Crippen molar-refractivity contribution in [3.8, 4) is 0 Å². The summed E-state index contributed by atoms with van der Waals surface area (Å²) in [6.07, 6.45) is 4.20. The molecule has 0 aliphatic rings. The Kier molecular flexibility index (Phi) is 6.32. The fourth-order valence-corrected chi connectivity index (χ4v) is 4.53. The van der Waals surface area contributed by atoms with Crippen LogP contribution in [0.5, 0.6) is 0 Å². The summed E-state index contributed by atoms with van der Waals surface area (Å²) in [7, 11) is 0. The lowest BCUT2D eigenvalue weighted by Gasteiger charge is -2.17. The average Bonchev–Trinajstić information content (AvgIpc) is 2.97. The number of nitrogens with zero attached hydrogens (tertiary/aromatic N) is 1. The number of aromatic nitrogens is 2. The van der Waals surface area contributed by atoms with Gasteiger partial charge in [-0.1, -0.05) is 29.8 Å². The van der Waals surface area contributed by atoms with Crippen LogP contribution < -0.4 is 10.9 Å². The molecule has 1 aromatic carbocycles. The van der Waals surface area contributed by atoms with Crippen LogP contribution in [0.1, 0.15) is 65.5 Å². The zero-order valence-electron chi connectivity index (χ0n) is 17.6. The van der Waals surface area contributed by atoms with Crippen molar-refractivity contribution in [1.82, 2.24) is 14.9 Å². The Morgan fingerprint density at radius 2 is 1.83 bits per heavy atom. The second kappa shape index (κ2) is 8.57. The number of aromatic amines is 1. The van der Waals surface area contributed by atoms with E-state index in [1.165, 1.54) is 0 Å². The van der Waals surface area contributed by atoms with Crippen molar-refractivity contribution >= 4 is 32.7 Å². The molecule has 1 amide bonds. The first kappa shape index (κ1) is 21.4. The number of rotatable bonds is 6. The van der Waals surface area contributed by atoms with E-state index in [4.69, 9.17) is 0 Å². The van der Waals surface area contributed by atoms with Crippen molar-refractivity contribution in [2.24, 2.45) is 0 Å². The molecule has 3 aromatic rings. The molecule has 3 rings (SSSR count). The lowest BCUT2D eigenvalue weighted by atomic mass is 10.1. The molecule has 29 heavy (non-hydrogen) atoms.